The number of rotatable bonds is 11. The summed E-state index contributed by atoms with van der Waals surface area (Å²) in [6.07, 6.45) is 10.1. The zero-order valence-corrected chi connectivity index (χ0v) is 24.2. The first-order valence-electron chi connectivity index (χ1n) is 14.4. The van der Waals surface area contributed by atoms with E-state index in [1.165, 1.54) is 37.0 Å². The van der Waals surface area contributed by atoms with Gasteiger partial charge in [0.05, 0.1) is 5.60 Å². The van der Waals surface area contributed by atoms with E-state index in [1.807, 2.05) is 30.1 Å². The van der Waals surface area contributed by atoms with Gasteiger partial charge in [0.1, 0.15) is 0 Å². The average Bonchev–Trinajstić information content (AvgIpc) is 2.91. The van der Waals surface area contributed by atoms with Crippen LogP contribution in [-0.2, 0) is 5.60 Å². The first-order chi connectivity index (χ1) is 18.2. The number of carbonyl (C=O) groups excluding carboxylic acids is 2. The van der Waals surface area contributed by atoms with Crippen LogP contribution in [0.4, 0.5) is 9.59 Å². The van der Waals surface area contributed by atoms with E-state index < -0.39 is 5.60 Å². The maximum atomic E-state index is 13.4. The molecule has 1 aliphatic heterocycles. The average molecular weight is 550 g/mol. The largest absolute Gasteiger partial charge is 0.385 e. The Labute approximate surface area is 233 Å². The van der Waals surface area contributed by atoms with Crippen LogP contribution in [0.15, 0.2) is 24.3 Å². The zero-order valence-electron chi connectivity index (χ0n) is 23.5. The number of likely N-dealkylation sites (tertiary alicyclic amines) is 1. The number of hydrogen-bond donors (Lipinski definition) is 4. The molecular weight excluding hydrogens is 502 g/mol. The lowest BCUT2D eigenvalue weighted by Crippen LogP contribution is -2.54. The topological polar surface area (TPSA) is 96.9 Å². The molecule has 1 unspecified atom stereocenters. The fourth-order valence-electron chi connectivity index (χ4n) is 6.14. The number of halogens is 1. The number of nitrogens with one attached hydrogen (secondary N) is 3. The molecular formula is C29H48ClN5O3. The van der Waals surface area contributed by atoms with Gasteiger partial charge in [-0.2, -0.15) is 0 Å². The summed E-state index contributed by atoms with van der Waals surface area (Å²) >= 11 is 6.32. The molecule has 214 valence electrons. The Morgan fingerprint density at radius 3 is 2.63 bits per heavy atom. The van der Waals surface area contributed by atoms with E-state index in [2.05, 4.69) is 16.0 Å². The molecule has 0 bridgehead atoms. The zero-order chi connectivity index (χ0) is 27.5. The number of hydrogen-bond acceptors (Lipinski definition) is 4. The van der Waals surface area contributed by atoms with E-state index in [-0.39, 0.29) is 24.0 Å². The summed E-state index contributed by atoms with van der Waals surface area (Å²) in [5.74, 6) is 0.545. The van der Waals surface area contributed by atoms with Crippen molar-refractivity contribution in [1.82, 2.24) is 25.8 Å². The second kappa shape index (κ2) is 14.9. The molecule has 9 heteroatoms. The number of aliphatic hydroxyl groups is 1. The van der Waals surface area contributed by atoms with Gasteiger partial charge in [0.25, 0.3) is 0 Å². The molecule has 1 saturated heterocycles. The van der Waals surface area contributed by atoms with Crippen LogP contribution in [0.1, 0.15) is 69.8 Å². The van der Waals surface area contributed by atoms with Gasteiger partial charge in [-0.1, -0.05) is 55.8 Å². The van der Waals surface area contributed by atoms with Crippen molar-refractivity contribution in [2.24, 2.45) is 11.8 Å². The van der Waals surface area contributed by atoms with Gasteiger partial charge in [-0.3, -0.25) is 0 Å². The fraction of sp³-hybridized carbons (Fsp3) is 0.724. The number of piperidine rings is 1. The first-order valence-corrected chi connectivity index (χ1v) is 14.7. The Morgan fingerprint density at radius 2 is 1.95 bits per heavy atom. The van der Waals surface area contributed by atoms with Crippen molar-refractivity contribution in [3.05, 3.63) is 34.9 Å². The van der Waals surface area contributed by atoms with E-state index >= 15 is 0 Å². The standard InChI is InChI=1S/C29H48ClN5O3/c1-31-20-26(18-22-10-5-4-6-11-22)33-28(37)35-17-8-13-24(21-35)29(38,23-12-7-14-25(30)19-23)15-9-16-32-27(36)34(2)3/h7,12,14,19,22,24,26,31,38H,4-6,8-11,13,15-18,20-21H2,1-3H3,(H,32,36)(H,33,37)/t24-,26?,29-/m1/s1. The van der Waals surface area contributed by atoms with Crippen molar-refractivity contribution in [2.75, 3.05) is 47.3 Å². The van der Waals surface area contributed by atoms with Crippen LogP contribution in [0.3, 0.4) is 0 Å². The Bertz CT molecular complexity index is 895. The summed E-state index contributed by atoms with van der Waals surface area (Å²) in [6.45, 7) is 2.38. The molecule has 1 saturated carbocycles. The van der Waals surface area contributed by atoms with E-state index in [1.54, 1.807) is 20.2 Å². The normalized spacial score (nSPS) is 20.9. The predicted molar refractivity (Wildman–Crippen MR) is 153 cm³/mol. The minimum absolute atomic E-state index is 0.0440. The summed E-state index contributed by atoms with van der Waals surface area (Å²) in [4.78, 5) is 28.7. The van der Waals surface area contributed by atoms with Crippen LogP contribution in [0.5, 0.6) is 0 Å². The lowest BCUT2D eigenvalue weighted by molar-refractivity contribution is -0.0552. The van der Waals surface area contributed by atoms with Gasteiger partial charge in [0, 0.05) is 57.3 Å². The molecule has 3 rings (SSSR count). The molecule has 3 atom stereocenters. The minimum atomic E-state index is -1.15. The number of likely N-dealkylation sites (N-methyl/N-ethyl adjacent to an activating group) is 1. The number of urea groups is 2. The van der Waals surface area contributed by atoms with Gasteiger partial charge in [-0.15, -0.1) is 0 Å². The molecule has 38 heavy (non-hydrogen) atoms. The van der Waals surface area contributed by atoms with Crippen LogP contribution < -0.4 is 16.0 Å². The second-order valence-electron chi connectivity index (χ2n) is 11.4. The highest BCUT2D eigenvalue weighted by Gasteiger charge is 2.41. The molecule has 4 N–H and O–H groups in total. The summed E-state index contributed by atoms with van der Waals surface area (Å²) in [5, 5.41) is 22.1. The summed E-state index contributed by atoms with van der Waals surface area (Å²) in [7, 11) is 5.34. The van der Waals surface area contributed by atoms with Gasteiger partial charge in [0.15, 0.2) is 0 Å². The molecule has 0 spiro atoms. The van der Waals surface area contributed by atoms with Gasteiger partial charge in [-0.25, -0.2) is 9.59 Å². The van der Waals surface area contributed by atoms with E-state index in [9.17, 15) is 14.7 Å². The quantitative estimate of drug-likeness (QED) is 0.304. The molecule has 1 aliphatic carbocycles. The molecule has 4 amide bonds. The summed E-state index contributed by atoms with van der Waals surface area (Å²) < 4.78 is 0. The van der Waals surface area contributed by atoms with E-state index in [0.29, 0.717) is 43.4 Å². The fourth-order valence-corrected chi connectivity index (χ4v) is 6.33. The third-order valence-corrected chi connectivity index (χ3v) is 8.48. The Kier molecular flexibility index (Phi) is 12.0. The lowest BCUT2D eigenvalue weighted by atomic mass is 9.74. The molecule has 2 fully saturated rings. The number of nitrogens with zero attached hydrogens (tertiary/aromatic N) is 2. The van der Waals surface area contributed by atoms with Crippen molar-refractivity contribution in [3.63, 3.8) is 0 Å². The lowest BCUT2D eigenvalue weighted by Gasteiger charge is -2.43. The van der Waals surface area contributed by atoms with Crippen molar-refractivity contribution < 1.29 is 14.7 Å². The Morgan fingerprint density at radius 1 is 1.18 bits per heavy atom. The SMILES string of the molecule is CNCC(CC1CCCCC1)NC(=O)N1CCC[C@@H]([C@@](O)(CCCNC(=O)N(C)C)c2cccc(Cl)c2)C1. The number of amides is 4. The Hall–Kier alpha value is -2.03. The van der Waals surface area contributed by atoms with Crippen molar-refractivity contribution >= 4 is 23.7 Å². The first kappa shape index (κ1) is 30.5. The van der Waals surface area contributed by atoms with Gasteiger partial charge < -0.3 is 30.9 Å². The molecule has 0 aromatic heterocycles. The maximum absolute atomic E-state index is 13.4. The Balaban J connectivity index is 1.68. The van der Waals surface area contributed by atoms with E-state index in [0.717, 1.165) is 31.4 Å². The van der Waals surface area contributed by atoms with Gasteiger partial charge in [-0.05, 0) is 62.8 Å². The van der Waals surface area contributed by atoms with E-state index in [4.69, 9.17) is 11.6 Å². The second-order valence-corrected chi connectivity index (χ2v) is 11.8. The number of carbonyl (C=O) groups is 2. The molecule has 0 radical (unpaired) electrons. The summed E-state index contributed by atoms with van der Waals surface area (Å²) in [5.41, 5.74) is -0.388. The molecule has 1 aromatic rings. The smallest absolute Gasteiger partial charge is 0.317 e. The van der Waals surface area contributed by atoms with Crippen LogP contribution in [0, 0.1) is 11.8 Å². The molecule has 2 aliphatic rings. The van der Waals surface area contributed by atoms with Crippen LogP contribution in [-0.4, -0.2) is 80.3 Å². The molecule has 8 nitrogen and oxygen atoms in total. The number of benzene rings is 1. The van der Waals surface area contributed by atoms with Crippen molar-refractivity contribution in [1.29, 1.82) is 0 Å². The molecule has 1 aromatic carbocycles. The van der Waals surface area contributed by atoms with Crippen molar-refractivity contribution in [2.45, 2.75) is 75.9 Å². The minimum Gasteiger partial charge on any atom is -0.385 e. The highest BCUT2D eigenvalue weighted by atomic mass is 35.5. The third kappa shape index (κ3) is 8.75. The van der Waals surface area contributed by atoms with Gasteiger partial charge in [0.2, 0.25) is 0 Å². The van der Waals surface area contributed by atoms with Crippen LogP contribution in [0.2, 0.25) is 5.02 Å². The monoisotopic (exact) mass is 549 g/mol. The summed E-state index contributed by atoms with van der Waals surface area (Å²) in [6, 6.07) is 7.30. The van der Waals surface area contributed by atoms with Crippen LogP contribution >= 0.6 is 11.6 Å². The highest BCUT2D eigenvalue weighted by molar-refractivity contribution is 6.30. The highest BCUT2D eigenvalue weighted by Crippen LogP contribution is 2.40. The van der Waals surface area contributed by atoms with Gasteiger partial charge >= 0.3 is 12.1 Å². The molecule has 1 heterocycles. The third-order valence-electron chi connectivity index (χ3n) is 8.25. The predicted octanol–water partition coefficient (Wildman–Crippen LogP) is 4.56. The maximum Gasteiger partial charge on any atom is 0.317 e. The van der Waals surface area contributed by atoms with Crippen molar-refractivity contribution in [3.8, 4) is 0 Å². The van der Waals surface area contributed by atoms with Crippen LogP contribution in [0.25, 0.3) is 0 Å².